The van der Waals surface area contributed by atoms with Crippen molar-refractivity contribution in [2.75, 3.05) is 13.6 Å². The molecule has 1 aromatic rings. The Hall–Kier alpha value is -0.870. The zero-order valence-electron chi connectivity index (χ0n) is 11.4. The van der Waals surface area contributed by atoms with Gasteiger partial charge in [-0.15, -0.1) is 11.3 Å². The van der Waals surface area contributed by atoms with Gasteiger partial charge in [-0.3, -0.25) is 4.79 Å². The van der Waals surface area contributed by atoms with E-state index in [1.165, 1.54) is 24.1 Å². The first-order valence-corrected chi connectivity index (χ1v) is 8.07. The lowest BCUT2D eigenvalue weighted by Crippen LogP contribution is -2.46. The minimum atomic E-state index is 0.0899. The van der Waals surface area contributed by atoms with Crippen molar-refractivity contribution in [3.05, 3.63) is 22.4 Å². The molecule has 1 aromatic heterocycles. The second-order valence-electron chi connectivity index (χ2n) is 6.03. The molecule has 1 amide bonds. The van der Waals surface area contributed by atoms with Crippen LogP contribution in [-0.4, -0.2) is 30.4 Å². The fourth-order valence-electron chi connectivity index (χ4n) is 3.80. The Morgan fingerprint density at radius 2 is 2.26 bits per heavy atom. The third kappa shape index (κ3) is 2.43. The largest absolute Gasteiger partial charge is 0.345 e. The summed E-state index contributed by atoms with van der Waals surface area (Å²) in [6.45, 7) is 0.806. The maximum atomic E-state index is 12.6. The highest BCUT2D eigenvalue weighted by Crippen LogP contribution is 2.48. The topological polar surface area (TPSA) is 46.3 Å². The molecule has 3 nitrogen and oxygen atoms in total. The minimum Gasteiger partial charge on any atom is -0.345 e. The smallest absolute Gasteiger partial charge is 0.227 e. The summed E-state index contributed by atoms with van der Waals surface area (Å²) in [5.74, 6) is 1.52. The lowest BCUT2D eigenvalue weighted by Gasteiger charge is -2.30. The van der Waals surface area contributed by atoms with Crippen LogP contribution in [0.1, 0.15) is 24.1 Å². The Bertz CT molecular complexity index is 443. The molecule has 2 bridgehead atoms. The minimum absolute atomic E-state index is 0.0899. The van der Waals surface area contributed by atoms with Gasteiger partial charge in [0.15, 0.2) is 0 Å². The average molecular weight is 278 g/mol. The maximum Gasteiger partial charge on any atom is 0.227 e. The molecule has 4 unspecified atom stereocenters. The van der Waals surface area contributed by atoms with Gasteiger partial charge in [0.1, 0.15) is 0 Å². The van der Waals surface area contributed by atoms with Crippen molar-refractivity contribution in [1.29, 1.82) is 0 Å². The highest BCUT2D eigenvalue weighted by Gasteiger charge is 2.49. The molecule has 0 saturated heterocycles. The van der Waals surface area contributed by atoms with Crippen molar-refractivity contribution >= 4 is 17.2 Å². The van der Waals surface area contributed by atoms with Gasteiger partial charge in [0.25, 0.3) is 0 Å². The number of likely N-dealkylation sites (N-methyl/N-ethyl adjacent to an activating group) is 1. The summed E-state index contributed by atoms with van der Waals surface area (Å²) in [5, 5.41) is 2.09. The number of carbonyl (C=O) groups is 1. The number of amides is 1. The monoisotopic (exact) mass is 278 g/mol. The van der Waals surface area contributed by atoms with E-state index in [-0.39, 0.29) is 17.9 Å². The molecule has 0 aromatic carbocycles. The Labute approximate surface area is 118 Å². The SMILES string of the molecule is CN(CCc1cccs1)C(=O)C1C2CCC(C2)C1N. The highest BCUT2D eigenvalue weighted by molar-refractivity contribution is 7.09. The Balaban J connectivity index is 1.57. The predicted molar refractivity (Wildman–Crippen MR) is 78.0 cm³/mol. The van der Waals surface area contributed by atoms with E-state index in [0.29, 0.717) is 11.8 Å². The van der Waals surface area contributed by atoms with E-state index >= 15 is 0 Å². The number of carbonyl (C=O) groups excluding carboxylic acids is 1. The molecular weight excluding hydrogens is 256 g/mol. The molecule has 2 aliphatic carbocycles. The second-order valence-corrected chi connectivity index (χ2v) is 7.06. The molecule has 3 rings (SSSR count). The van der Waals surface area contributed by atoms with Crippen LogP contribution in [0.25, 0.3) is 0 Å². The van der Waals surface area contributed by atoms with Crippen molar-refractivity contribution in [3.63, 3.8) is 0 Å². The van der Waals surface area contributed by atoms with Gasteiger partial charge < -0.3 is 10.6 Å². The molecule has 2 N–H and O–H groups in total. The number of thiophene rings is 1. The van der Waals surface area contributed by atoms with Crippen LogP contribution in [0.2, 0.25) is 0 Å². The van der Waals surface area contributed by atoms with Crippen LogP contribution < -0.4 is 5.73 Å². The van der Waals surface area contributed by atoms with E-state index in [0.717, 1.165) is 13.0 Å². The van der Waals surface area contributed by atoms with E-state index in [1.807, 2.05) is 11.9 Å². The van der Waals surface area contributed by atoms with Crippen LogP contribution in [0.4, 0.5) is 0 Å². The summed E-state index contributed by atoms with van der Waals surface area (Å²) in [7, 11) is 1.93. The third-order valence-corrected chi connectivity index (χ3v) is 5.85. The van der Waals surface area contributed by atoms with Gasteiger partial charge in [0, 0.05) is 24.5 Å². The van der Waals surface area contributed by atoms with Crippen LogP contribution in [-0.2, 0) is 11.2 Å². The molecule has 2 fully saturated rings. The molecule has 2 saturated carbocycles. The van der Waals surface area contributed by atoms with Gasteiger partial charge in [-0.2, -0.15) is 0 Å². The Morgan fingerprint density at radius 1 is 1.47 bits per heavy atom. The predicted octanol–water partition coefficient (Wildman–Crippen LogP) is 2.12. The summed E-state index contributed by atoms with van der Waals surface area (Å²) in [6.07, 6.45) is 4.56. The molecule has 104 valence electrons. The fraction of sp³-hybridized carbons (Fsp3) is 0.667. The summed E-state index contributed by atoms with van der Waals surface area (Å²) in [5.41, 5.74) is 6.25. The van der Waals surface area contributed by atoms with Gasteiger partial charge in [-0.1, -0.05) is 6.07 Å². The zero-order chi connectivity index (χ0) is 13.4. The van der Waals surface area contributed by atoms with Crippen LogP contribution in [0.15, 0.2) is 17.5 Å². The average Bonchev–Trinajstić information content (AvgIpc) is 3.11. The fourth-order valence-corrected chi connectivity index (χ4v) is 4.50. The van der Waals surface area contributed by atoms with Crippen molar-refractivity contribution in [1.82, 2.24) is 4.90 Å². The molecular formula is C15H22N2OS. The summed E-state index contributed by atoms with van der Waals surface area (Å²) in [4.78, 5) is 15.8. The third-order valence-electron chi connectivity index (χ3n) is 4.92. The van der Waals surface area contributed by atoms with E-state index in [9.17, 15) is 4.79 Å². The summed E-state index contributed by atoms with van der Waals surface area (Å²) < 4.78 is 0. The Kier molecular flexibility index (Phi) is 3.63. The van der Waals surface area contributed by atoms with E-state index < -0.39 is 0 Å². The number of fused-ring (bicyclic) bond motifs is 2. The van der Waals surface area contributed by atoms with Crippen LogP contribution >= 0.6 is 11.3 Å². The van der Waals surface area contributed by atoms with E-state index in [1.54, 1.807) is 11.3 Å². The van der Waals surface area contributed by atoms with E-state index in [2.05, 4.69) is 17.5 Å². The number of nitrogens with two attached hydrogens (primary N) is 1. The second kappa shape index (κ2) is 5.25. The standard InChI is InChI=1S/C15H22N2OS/c1-17(7-6-12-3-2-8-19-12)15(18)13-10-4-5-11(9-10)14(13)16/h2-3,8,10-11,13-14H,4-7,9,16H2,1H3. The lowest BCUT2D eigenvalue weighted by molar-refractivity contribution is -0.136. The van der Waals surface area contributed by atoms with Crippen molar-refractivity contribution in [2.24, 2.45) is 23.5 Å². The van der Waals surface area contributed by atoms with Gasteiger partial charge in [-0.05, 0) is 49.0 Å². The molecule has 4 heteroatoms. The molecule has 2 aliphatic rings. The summed E-state index contributed by atoms with van der Waals surface area (Å²) in [6, 6.07) is 4.30. The molecule has 0 aliphatic heterocycles. The zero-order valence-corrected chi connectivity index (χ0v) is 12.2. The van der Waals surface area contributed by atoms with E-state index in [4.69, 9.17) is 5.73 Å². The lowest BCUT2D eigenvalue weighted by atomic mass is 9.84. The quantitative estimate of drug-likeness (QED) is 0.917. The first-order valence-electron chi connectivity index (χ1n) is 7.19. The molecule has 4 atom stereocenters. The van der Waals surface area contributed by atoms with Crippen LogP contribution in [0.5, 0.6) is 0 Å². The number of hydrogen-bond acceptors (Lipinski definition) is 3. The highest BCUT2D eigenvalue weighted by atomic mass is 32.1. The van der Waals surface area contributed by atoms with Gasteiger partial charge in [-0.25, -0.2) is 0 Å². The molecule has 0 spiro atoms. The van der Waals surface area contributed by atoms with Crippen molar-refractivity contribution in [2.45, 2.75) is 31.7 Å². The number of nitrogens with zero attached hydrogens (tertiary/aromatic N) is 1. The van der Waals surface area contributed by atoms with Gasteiger partial charge in [0.05, 0.1) is 5.92 Å². The number of rotatable bonds is 4. The van der Waals surface area contributed by atoms with Gasteiger partial charge in [0.2, 0.25) is 5.91 Å². The van der Waals surface area contributed by atoms with Crippen molar-refractivity contribution < 1.29 is 4.79 Å². The number of hydrogen-bond donors (Lipinski definition) is 1. The molecule has 1 heterocycles. The van der Waals surface area contributed by atoms with Crippen molar-refractivity contribution in [3.8, 4) is 0 Å². The van der Waals surface area contributed by atoms with Crippen LogP contribution in [0, 0.1) is 17.8 Å². The first-order chi connectivity index (χ1) is 9.16. The maximum absolute atomic E-state index is 12.6. The molecule has 19 heavy (non-hydrogen) atoms. The van der Waals surface area contributed by atoms with Crippen LogP contribution in [0.3, 0.4) is 0 Å². The summed E-state index contributed by atoms with van der Waals surface area (Å²) >= 11 is 1.76. The Morgan fingerprint density at radius 3 is 2.89 bits per heavy atom. The van der Waals surface area contributed by atoms with Gasteiger partial charge >= 0.3 is 0 Å². The normalized spacial score (nSPS) is 32.7. The first kappa shape index (κ1) is 13.1. The molecule has 0 radical (unpaired) electrons.